The van der Waals surface area contributed by atoms with Crippen LogP contribution in [-0.2, 0) is 16.0 Å². The first-order valence-corrected chi connectivity index (χ1v) is 9.36. The van der Waals surface area contributed by atoms with Gasteiger partial charge in [-0.1, -0.05) is 25.4 Å². The molecule has 0 amide bonds. The maximum atomic E-state index is 11.9. The number of anilines is 1. The number of carbonyl (C=O) groups is 1. The molecule has 0 aliphatic carbocycles. The first-order chi connectivity index (χ1) is 12.0. The summed E-state index contributed by atoms with van der Waals surface area (Å²) in [7, 11) is 0. The molecule has 25 heavy (non-hydrogen) atoms. The smallest absolute Gasteiger partial charge is 0.309 e. The minimum absolute atomic E-state index is 0.0207. The Balaban J connectivity index is 1.73. The molecule has 1 saturated heterocycles. The van der Waals surface area contributed by atoms with Crippen LogP contribution in [0.25, 0.3) is 11.1 Å². The Morgan fingerprint density at radius 2 is 2.12 bits per heavy atom. The molecular weight excluding hydrogens is 340 g/mol. The molecule has 2 aromatic rings. The lowest BCUT2D eigenvalue weighted by Gasteiger charge is -2.29. The zero-order chi connectivity index (χ0) is 18.0. The van der Waals surface area contributed by atoms with Crippen LogP contribution in [0.3, 0.4) is 0 Å². The largest absolute Gasteiger partial charge is 0.466 e. The number of fused-ring (bicyclic) bond motifs is 1. The Labute approximate surface area is 153 Å². The Morgan fingerprint density at radius 3 is 2.76 bits per heavy atom. The van der Waals surface area contributed by atoms with Crippen molar-refractivity contribution < 1.29 is 13.9 Å². The summed E-state index contributed by atoms with van der Waals surface area (Å²) < 4.78 is 11.1. The van der Waals surface area contributed by atoms with Crippen LogP contribution in [0.4, 0.5) is 6.01 Å². The van der Waals surface area contributed by atoms with Crippen molar-refractivity contribution in [2.45, 2.75) is 40.0 Å². The molecule has 1 aromatic carbocycles. The van der Waals surface area contributed by atoms with Crippen molar-refractivity contribution in [2.24, 2.45) is 11.8 Å². The predicted octanol–water partition coefficient (Wildman–Crippen LogP) is 4.46. The molecule has 1 aromatic heterocycles. The van der Waals surface area contributed by atoms with E-state index in [1.54, 1.807) is 0 Å². The first kappa shape index (κ1) is 18.1. The van der Waals surface area contributed by atoms with E-state index in [0.717, 1.165) is 54.0 Å². The third kappa shape index (κ3) is 4.09. The molecule has 3 rings (SSSR count). The molecule has 0 radical (unpaired) electrons. The quantitative estimate of drug-likeness (QED) is 0.733. The van der Waals surface area contributed by atoms with Crippen LogP contribution in [0.5, 0.6) is 0 Å². The van der Waals surface area contributed by atoms with Gasteiger partial charge >= 0.3 is 5.97 Å². The summed E-state index contributed by atoms with van der Waals surface area (Å²) >= 11 is 6.38. The van der Waals surface area contributed by atoms with E-state index in [-0.39, 0.29) is 11.9 Å². The maximum Gasteiger partial charge on any atom is 0.309 e. The van der Waals surface area contributed by atoms with E-state index < -0.39 is 0 Å². The normalized spacial score (nSPS) is 16.0. The van der Waals surface area contributed by atoms with Crippen LogP contribution in [-0.4, -0.2) is 30.6 Å². The van der Waals surface area contributed by atoms with Crippen molar-refractivity contribution in [3.8, 4) is 0 Å². The van der Waals surface area contributed by atoms with Crippen molar-refractivity contribution in [1.29, 1.82) is 0 Å². The van der Waals surface area contributed by atoms with E-state index in [1.807, 2.05) is 19.1 Å². The number of halogens is 1. The number of rotatable bonds is 5. The fourth-order valence-corrected chi connectivity index (χ4v) is 3.51. The van der Waals surface area contributed by atoms with Gasteiger partial charge in [0.25, 0.3) is 6.01 Å². The van der Waals surface area contributed by atoms with Crippen molar-refractivity contribution in [3.63, 3.8) is 0 Å². The number of hydrogen-bond acceptors (Lipinski definition) is 5. The summed E-state index contributed by atoms with van der Waals surface area (Å²) in [5, 5.41) is 0.738. The van der Waals surface area contributed by atoms with Crippen molar-refractivity contribution in [1.82, 2.24) is 4.98 Å². The van der Waals surface area contributed by atoms with Crippen LogP contribution in [0.1, 0.15) is 39.2 Å². The number of oxazole rings is 1. The molecule has 6 heteroatoms. The highest BCUT2D eigenvalue weighted by molar-refractivity contribution is 6.32. The van der Waals surface area contributed by atoms with Gasteiger partial charge in [0.05, 0.1) is 12.5 Å². The van der Waals surface area contributed by atoms with E-state index in [0.29, 0.717) is 18.5 Å². The topological polar surface area (TPSA) is 55.6 Å². The molecular formula is C19H25ClN2O3. The van der Waals surface area contributed by atoms with E-state index in [4.69, 9.17) is 20.8 Å². The first-order valence-electron chi connectivity index (χ1n) is 8.98. The summed E-state index contributed by atoms with van der Waals surface area (Å²) in [5.41, 5.74) is 2.63. The Kier molecular flexibility index (Phi) is 5.52. The summed E-state index contributed by atoms with van der Waals surface area (Å²) in [5.74, 6) is 0.414. The molecule has 5 nitrogen and oxygen atoms in total. The second-order valence-corrected chi connectivity index (χ2v) is 7.43. The van der Waals surface area contributed by atoms with Gasteiger partial charge in [-0.15, -0.1) is 0 Å². The highest BCUT2D eigenvalue weighted by Gasteiger charge is 2.28. The molecule has 0 saturated carbocycles. The molecule has 2 heterocycles. The molecule has 0 atom stereocenters. The van der Waals surface area contributed by atoms with Gasteiger partial charge in [-0.05, 0) is 49.8 Å². The number of piperidine rings is 1. The third-order valence-electron chi connectivity index (χ3n) is 4.56. The van der Waals surface area contributed by atoms with Crippen LogP contribution in [0.2, 0.25) is 5.02 Å². The van der Waals surface area contributed by atoms with E-state index in [1.165, 1.54) is 0 Å². The lowest BCUT2D eigenvalue weighted by Crippen LogP contribution is -2.37. The van der Waals surface area contributed by atoms with Crippen LogP contribution >= 0.6 is 11.6 Å². The van der Waals surface area contributed by atoms with Gasteiger partial charge in [0.15, 0.2) is 5.58 Å². The molecule has 0 bridgehead atoms. The van der Waals surface area contributed by atoms with Gasteiger partial charge in [-0.3, -0.25) is 4.79 Å². The predicted molar refractivity (Wildman–Crippen MR) is 99.1 cm³/mol. The van der Waals surface area contributed by atoms with Crippen LogP contribution < -0.4 is 4.90 Å². The SMILES string of the molecule is CCOC(=O)C1CCN(c2nc3cc(Cl)c(CC(C)C)cc3o2)CC1. The Morgan fingerprint density at radius 1 is 1.40 bits per heavy atom. The summed E-state index contributed by atoms with van der Waals surface area (Å²) in [6.45, 7) is 8.08. The molecule has 0 spiro atoms. The standard InChI is InChI=1S/C19H25ClN2O3/c1-4-24-18(23)13-5-7-22(8-6-13)19-21-16-11-15(20)14(9-12(2)3)10-17(16)25-19/h10-13H,4-9H2,1-3H3. The molecule has 1 fully saturated rings. The number of esters is 1. The van der Waals surface area contributed by atoms with Gasteiger partial charge in [-0.25, -0.2) is 0 Å². The summed E-state index contributed by atoms with van der Waals surface area (Å²) in [6.07, 6.45) is 2.43. The minimum Gasteiger partial charge on any atom is -0.466 e. The number of aromatic nitrogens is 1. The second-order valence-electron chi connectivity index (χ2n) is 7.02. The fourth-order valence-electron chi connectivity index (χ4n) is 3.28. The second kappa shape index (κ2) is 7.65. The van der Waals surface area contributed by atoms with E-state index in [2.05, 4.69) is 23.7 Å². The average molecular weight is 365 g/mol. The zero-order valence-corrected chi connectivity index (χ0v) is 15.8. The maximum absolute atomic E-state index is 11.9. The van der Waals surface area contributed by atoms with Crippen molar-refractivity contribution >= 4 is 34.7 Å². The number of ether oxygens (including phenoxy) is 1. The Hall–Kier alpha value is -1.75. The van der Waals surface area contributed by atoms with Crippen LogP contribution in [0.15, 0.2) is 16.5 Å². The minimum atomic E-state index is -0.0928. The molecule has 0 N–H and O–H groups in total. The Bertz CT molecular complexity index is 748. The van der Waals surface area contributed by atoms with Gasteiger partial charge < -0.3 is 14.1 Å². The lowest BCUT2D eigenvalue weighted by molar-refractivity contribution is -0.148. The number of carbonyl (C=O) groups excluding carboxylic acids is 1. The average Bonchev–Trinajstić information content (AvgIpc) is 2.98. The summed E-state index contributed by atoms with van der Waals surface area (Å²) in [4.78, 5) is 18.5. The molecule has 1 aliphatic heterocycles. The van der Waals surface area contributed by atoms with E-state index in [9.17, 15) is 4.79 Å². The van der Waals surface area contributed by atoms with E-state index >= 15 is 0 Å². The summed E-state index contributed by atoms with van der Waals surface area (Å²) in [6, 6.07) is 4.49. The van der Waals surface area contributed by atoms with Crippen molar-refractivity contribution in [3.05, 3.63) is 22.7 Å². The highest BCUT2D eigenvalue weighted by atomic mass is 35.5. The van der Waals surface area contributed by atoms with Crippen LogP contribution in [0, 0.1) is 11.8 Å². The molecule has 1 aliphatic rings. The monoisotopic (exact) mass is 364 g/mol. The van der Waals surface area contributed by atoms with Gasteiger partial charge in [0, 0.05) is 18.1 Å². The molecule has 0 unspecified atom stereocenters. The van der Waals surface area contributed by atoms with Gasteiger partial charge in [0.2, 0.25) is 0 Å². The lowest BCUT2D eigenvalue weighted by atomic mass is 9.97. The number of nitrogens with zero attached hydrogens (tertiary/aromatic N) is 2. The third-order valence-corrected chi connectivity index (χ3v) is 4.91. The fraction of sp³-hybridized carbons (Fsp3) is 0.579. The molecule has 136 valence electrons. The van der Waals surface area contributed by atoms with Gasteiger partial charge in [0.1, 0.15) is 5.52 Å². The van der Waals surface area contributed by atoms with Crippen molar-refractivity contribution in [2.75, 3.05) is 24.6 Å². The highest BCUT2D eigenvalue weighted by Crippen LogP contribution is 2.31. The number of benzene rings is 1. The number of hydrogen-bond donors (Lipinski definition) is 0. The zero-order valence-electron chi connectivity index (χ0n) is 15.0. The van der Waals surface area contributed by atoms with Gasteiger partial charge in [-0.2, -0.15) is 4.98 Å².